The Morgan fingerprint density at radius 3 is 2.73 bits per heavy atom. The van der Waals surface area contributed by atoms with Gasteiger partial charge in [-0.2, -0.15) is 0 Å². The summed E-state index contributed by atoms with van der Waals surface area (Å²) in [4.78, 5) is 14.6. The highest BCUT2D eigenvalue weighted by Gasteiger charge is 2.09. The maximum absolute atomic E-state index is 13.3. The number of pyridine rings is 1. The third-order valence-electron chi connectivity index (χ3n) is 2.22. The second-order valence-electron chi connectivity index (χ2n) is 3.26. The zero-order valence-corrected chi connectivity index (χ0v) is 7.99. The number of carboxylic acids is 1. The van der Waals surface area contributed by atoms with Gasteiger partial charge in [-0.15, -0.1) is 0 Å². The van der Waals surface area contributed by atoms with Crippen LogP contribution in [0.15, 0.2) is 24.3 Å². The molecule has 0 aliphatic rings. The first-order valence-electron chi connectivity index (χ1n) is 4.39. The summed E-state index contributed by atoms with van der Waals surface area (Å²) in [6.45, 7) is 1.76. The molecule has 0 amide bonds. The topological polar surface area (TPSA) is 50.2 Å². The molecular weight excluding hydrogens is 197 g/mol. The highest BCUT2D eigenvalue weighted by Crippen LogP contribution is 2.19. The maximum atomic E-state index is 13.3. The number of carbonyl (C=O) groups is 1. The number of halogens is 1. The van der Waals surface area contributed by atoms with E-state index in [2.05, 4.69) is 4.98 Å². The van der Waals surface area contributed by atoms with Gasteiger partial charge in [-0.25, -0.2) is 14.2 Å². The van der Waals surface area contributed by atoms with Crippen molar-refractivity contribution in [2.75, 3.05) is 0 Å². The van der Waals surface area contributed by atoms with E-state index in [4.69, 9.17) is 5.11 Å². The second-order valence-corrected chi connectivity index (χ2v) is 3.26. The average molecular weight is 205 g/mol. The molecule has 1 aromatic heterocycles. The number of fused-ring (bicyclic) bond motifs is 1. The molecule has 0 atom stereocenters. The molecule has 0 fully saturated rings. The molecule has 0 saturated heterocycles. The van der Waals surface area contributed by atoms with Gasteiger partial charge < -0.3 is 5.11 Å². The molecule has 1 aromatic carbocycles. The summed E-state index contributed by atoms with van der Waals surface area (Å²) in [5, 5.41) is 9.10. The molecule has 0 saturated carbocycles. The third kappa shape index (κ3) is 1.54. The Kier molecular flexibility index (Phi) is 2.11. The van der Waals surface area contributed by atoms with Crippen molar-refractivity contribution in [1.29, 1.82) is 0 Å². The summed E-state index contributed by atoms with van der Waals surface area (Å²) >= 11 is 0. The van der Waals surface area contributed by atoms with Crippen molar-refractivity contribution in [2.45, 2.75) is 6.92 Å². The highest BCUT2D eigenvalue weighted by atomic mass is 19.1. The molecule has 0 aliphatic heterocycles. The van der Waals surface area contributed by atoms with Gasteiger partial charge in [0.2, 0.25) is 0 Å². The van der Waals surface area contributed by atoms with Crippen LogP contribution in [0.3, 0.4) is 0 Å². The Bertz CT molecular complexity index is 552. The molecule has 2 aromatic rings. The van der Waals surface area contributed by atoms with Gasteiger partial charge in [-0.3, -0.25) is 0 Å². The van der Waals surface area contributed by atoms with Gasteiger partial charge in [0.1, 0.15) is 11.5 Å². The fourth-order valence-electron chi connectivity index (χ4n) is 1.44. The Morgan fingerprint density at radius 1 is 1.33 bits per heavy atom. The molecule has 2 rings (SSSR count). The van der Waals surface area contributed by atoms with Crippen molar-refractivity contribution >= 4 is 16.9 Å². The van der Waals surface area contributed by atoms with Gasteiger partial charge in [0.25, 0.3) is 0 Å². The Labute approximate surface area is 85.2 Å². The van der Waals surface area contributed by atoms with Crippen LogP contribution in [0.1, 0.15) is 16.1 Å². The van der Waals surface area contributed by atoms with E-state index in [1.54, 1.807) is 13.0 Å². The van der Waals surface area contributed by atoms with E-state index in [1.165, 1.54) is 18.2 Å². The number of aromatic carboxylic acids is 1. The lowest BCUT2D eigenvalue weighted by molar-refractivity contribution is 0.0691. The minimum Gasteiger partial charge on any atom is -0.477 e. The molecule has 0 radical (unpaired) electrons. The van der Waals surface area contributed by atoms with E-state index in [0.29, 0.717) is 10.9 Å². The van der Waals surface area contributed by atoms with Crippen LogP contribution in [-0.4, -0.2) is 16.1 Å². The molecule has 0 bridgehead atoms. The maximum Gasteiger partial charge on any atom is 0.354 e. The molecule has 3 nitrogen and oxygen atoms in total. The molecule has 4 heteroatoms. The lowest BCUT2D eigenvalue weighted by Gasteiger charge is -2.03. The van der Waals surface area contributed by atoms with Crippen LogP contribution < -0.4 is 0 Å². The fraction of sp³-hybridized carbons (Fsp3) is 0.0909. The molecule has 0 unspecified atom stereocenters. The van der Waals surface area contributed by atoms with Crippen molar-refractivity contribution in [2.24, 2.45) is 0 Å². The minimum absolute atomic E-state index is 0.0730. The molecule has 0 spiro atoms. The van der Waals surface area contributed by atoms with E-state index in [0.717, 1.165) is 5.56 Å². The van der Waals surface area contributed by atoms with Crippen molar-refractivity contribution in [3.8, 4) is 0 Å². The lowest BCUT2D eigenvalue weighted by Crippen LogP contribution is -2.01. The molecule has 1 heterocycles. The summed E-state index contributed by atoms with van der Waals surface area (Å²) in [7, 11) is 0. The van der Waals surface area contributed by atoms with Crippen LogP contribution in [0.4, 0.5) is 4.39 Å². The average Bonchev–Trinajstić information content (AvgIpc) is 2.23. The Hall–Kier alpha value is -1.97. The van der Waals surface area contributed by atoms with Crippen molar-refractivity contribution in [1.82, 2.24) is 4.98 Å². The number of hydrogen-bond acceptors (Lipinski definition) is 2. The minimum atomic E-state index is -1.11. The van der Waals surface area contributed by atoms with Crippen LogP contribution >= 0.6 is 0 Å². The summed E-state index contributed by atoms with van der Waals surface area (Å²) in [6, 6.07) is 5.66. The predicted molar refractivity (Wildman–Crippen MR) is 53.4 cm³/mol. The first kappa shape index (κ1) is 9.58. The summed E-state index contributed by atoms with van der Waals surface area (Å²) in [6.07, 6.45) is 0. The molecule has 0 aliphatic carbocycles. The van der Waals surface area contributed by atoms with Crippen LogP contribution in [0.5, 0.6) is 0 Å². The van der Waals surface area contributed by atoms with E-state index < -0.39 is 5.97 Å². The number of nitrogens with zero attached hydrogens (tertiary/aromatic N) is 1. The zero-order valence-electron chi connectivity index (χ0n) is 7.99. The molecular formula is C11H8FNO2. The van der Waals surface area contributed by atoms with E-state index in [9.17, 15) is 9.18 Å². The van der Waals surface area contributed by atoms with Crippen LogP contribution in [-0.2, 0) is 0 Å². The number of rotatable bonds is 1. The Balaban J connectivity index is 2.81. The van der Waals surface area contributed by atoms with Gasteiger partial charge >= 0.3 is 5.97 Å². The quantitative estimate of drug-likeness (QED) is 0.777. The van der Waals surface area contributed by atoms with E-state index >= 15 is 0 Å². The second kappa shape index (κ2) is 3.31. The van der Waals surface area contributed by atoms with Gasteiger partial charge in [0.05, 0.1) is 5.52 Å². The zero-order chi connectivity index (χ0) is 11.0. The highest BCUT2D eigenvalue weighted by molar-refractivity contribution is 5.90. The first-order chi connectivity index (χ1) is 7.09. The fourth-order valence-corrected chi connectivity index (χ4v) is 1.44. The van der Waals surface area contributed by atoms with Crippen molar-refractivity contribution in [3.63, 3.8) is 0 Å². The monoisotopic (exact) mass is 205 g/mol. The molecule has 76 valence electrons. The number of benzene rings is 1. The third-order valence-corrected chi connectivity index (χ3v) is 2.22. The molecule has 1 N–H and O–H groups in total. The predicted octanol–water partition coefficient (Wildman–Crippen LogP) is 2.38. The van der Waals surface area contributed by atoms with Crippen LogP contribution in [0.25, 0.3) is 10.9 Å². The lowest BCUT2D eigenvalue weighted by atomic mass is 10.1. The first-order valence-corrected chi connectivity index (χ1v) is 4.39. The van der Waals surface area contributed by atoms with Crippen LogP contribution in [0.2, 0.25) is 0 Å². The number of aryl methyl sites for hydroxylation is 1. The number of aromatic nitrogens is 1. The molecule has 15 heavy (non-hydrogen) atoms. The number of carboxylic acid groups (broad SMARTS) is 1. The van der Waals surface area contributed by atoms with Gasteiger partial charge in [-0.1, -0.05) is 6.07 Å². The van der Waals surface area contributed by atoms with E-state index in [-0.39, 0.29) is 11.5 Å². The Morgan fingerprint density at radius 2 is 2.07 bits per heavy atom. The largest absolute Gasteiger partial charge is 0.477 e. The van der Waals surface area contributed by atoms with Crippen molar-refractivity contribution in [3.05, 3.63) is 41.3 Å². The standard InChI is InChI=1S/C11H8FNO2/c1-6-2-4-8(12)7-3-5-9(11(14)15)13-10(6)7/h2-5H,1H3,(H,14,15). The SMILES string of the molecule is Cc1ccc(F)c2ccc(C(=O)O)nc12. The van der Waals surface area contributed by atoms with Gasteiger partial charge in [0.15, 0.2) is 0 Å². The van der Waals surface area contributed by atoms with E-state index in [1.807, 2.05) is 0 Å². The summed E-state index contributed by atoms with van der Waals surface area (Å²) in [5.74, 6) is -1.50. The van der Waals surface area contributed by atoms with Gasteiger partial charge in [0, 0.05) is 5.39 Å². The van der Waals surface area contributed by atoms with Crippen molar-refractivity contribution < 1.29 is 14.3 Å². The normalized spacial score (nSPS) is 10.5. The van der Waals surface area contributed by atoms with Crippen LogP contribution in [0, 0.1) is 12.7 Å². The smallest absolute Gasteiger partial charge is 0.354 e. The number of hydrogen-bond donors (Lipinski definition) is 1. The van der Waals surface area contributed by atoms with Gasteiger partial charge in [-0.05, 0) is 30.7 Å². The summed E-state index contributed by atoms with van der Waals surface area (Å²) < 4.78 is 13.3. The summed E-state index contributed by atoms with van der Waals surface area (Å²) in [5.41, 5.74) is 1.08.